The topological polar surface area (TPSA) is 82.5 Å². The fourth-order valence-corrected chi connectivity index (χ4v) is 3.69. The van der Waals surface area contributed by atoms with Gasteiger partial charge in [0.1, 0.15) is 17.5 Å². The van der Waals surface area contributed by atoms with Gasteiger partial charge >= 0.3 is 6.03 Å². The van der Waals surface area contributed by atoms with E-state index in [1.807, 2.05) is 0 Å². The van der Waals surface area contributed by atoms with Crippen LogP contribution in [0.4, 0.5) is 9.18 Å². The number of nitrogens with zero attached hydrogens (tertiary/aromatic N) is 2. The molecule has 1 aliphatic carbocycles. The van der Waals surface area contributed by atoms with Crippen molar-refractivity contribution in [3.63, 3.8) is 0 Å². The van der Waals surface area contributed by atoms with E-state index in [-0.39, 0.29) is 24.1 Å². The fourth-order valence-electron chi connectivity index (χ4n) is 3.69. The van der Waals surface area contributed by atoms with Crippen LogP contribution in [-0.4, -0.2) is 39.0 Å². The van der Waals surface area contributed by atoms with Gasteiger partial charge in [0, 0.05) is 0 Å². The number of hydrogen-bond donors (Lipinski definition) is 2. The van der Waals surface area contributed by atoms with E-state index in [0.717, 1.165) is 43.2 Å². The average Bonchev–Trinajstić information content (AvgIpc) is 2.80. The van der Waals surface area contributed by atoms with Crippen LogP contribution in [0.1, 0.15) is 50.8 Å². The predicted molar refractivity (Wildman–Crippen MR) is 84.4 cm³/mol. The molecule has 0 bridgehead atoms. The van der Waals surface area contributed by atoms with Crippen molar-refractivity contribution in [2.45, 2.75) is 50.7 Å². The Morgan fingerprint density at radius 3 is 2.71 bits per heavy atom. The number of β-amino-alcohol motifs (C(OH)–C–C–N with tert-alkyl or cyclic N) is 1. The van der Waals surface area contributed by atoms with Gasteiger partial charge in [0.05, 0.1) is 18.4 Å². The van der Waals surface area contributed by atoms with Crippen LogP contribution < -0.4 is 5.32 Å². The zero-order valence-corrected chi connectivity index (χ0v) is 13.7. The third-order valence-electron chi connectivity index (χ3n) is 5.17. The largest absolute Gasteiger partial charge is 0.385 e. The number of halogens is 1. The van der Waals surface area contributed by atoms with Gasteiger partial charge in [-0.3, -0.25) is 14.7 Å². The fraction of sp³-hybridized carbons (Fsp3) is 0.588. The molecule has 2 N–H and O–H groups in total. The van der Waals surface area contributed by atoms with Crippen LogP contribution in [-0.2, 0) is 4.79 Å². The number of aliphatic hydroxyl groups is 1. The van der Waals surface area contributed by atoms with Crippen molar-refractivity contribution < 1.29 is 19.1 Å². The van der Waals surface area contributed by atoms with E-state index in [1.54, 1.807) is 6.92 Å². The molecule has 6 nitrogen and oxygen atoms in total. The number of rotatable bonds is 4. The summed E-state index contributed by atoms with van der Waals surface area (Å²) in [5.74, 6) is -0.694. The molecule has 2 atom stereocenters. The van der Waals surface area contributed by atoms with Gasteiger partial charge in [-0.05, 0) is 37.8 Å². The van der Waals surface area contributed by atoms with E-state index >= 15 is 0 Å². The molecule has 1 aromatic rings. The third-order valence-corrected chi connectivity index (χ3v) is 5.17. The molecule has 2 fully saturated rings. The molecule has 3 amide bonds. The summed E-state index contributed by atoms with van der Waals surface area (Å²) in [5.41, 5.74) is -0.684. The molecule has 1 saturated heterocycles. The summed E-state index contributed by atoms with van der Waals surface area (Å²) in [7, 11) is 0. The van der Waals surface area contributed by atoms with Crippen LogP contribution in [0.5, 0.6) is 0 Å². The third kappa shape index (κ3) is 3.00. The van der Waals surface area contributed by atoms with Crippen molar-refractivity contribution in [2.24, 2.45) is 5.92 Å². The minimum Gasteiger partial charge on any atom is -0.385 e. The SMILES string of the molecule is CC1(C2CCCCC2)NC(=O)N(CC(O)c2ccc(F)cn2)C1=O. The van der Waals surface area contributed by atoms with E-state index in [0.29, 0.717) is 0 Å². The summed E-state index contributed by atoms with van der Waals surface area (Å²) in [4.78, 5) is 29.9. The monoisotopic (exact) mass is 335 g/mol. The molecule has 1 saturated carbocycles. The quantitative estimate of drug-likeness (QED) is 0.826. The van der Waals surface area contributed by atoms with Crippen LogP contribution in [0, 0.1) is 11.7 Å². The molecular weight excluding hydrogens is 313 g/mol. The number of carbonyl (C=O) groups is 2. The van der Waals surface area contributed by atoms with Crippen LogP contribution in [0.3, 0.4) is 0 Å². The first-order valence-corrected chi connectivity index (χ1v) is 8.35. The smallest absolute Gasteiger partial charge is 0.325 e. The molecule has 0 spiro atoms. The van der Waals surface area contributed by atoms with Crippen molar-refractivity contribution in [1.82, 2.24) is 15.2 Å². The van der Waals surface area contributed by atoms with Crippen molar-refractivity contribution in [3.8, 4) is 0 Å². The Bertz CT molecular complexity index is 630. The van der Waals surface area contributed by atoms with Crippen LogP contribution >= 0.6 is 0 Å². The van der Waals surface area contributed by atoms with Gasteiger partial charge in [0.15, 0.2) is 0 Å². The zero-order chi connectivity index (χ0) is 17.3. The lowest BCUT2D eigenvalue weighted by atomic mass is 9.75. The number of carbonyl (C=O) groups excluding carboxylic acids is 2. The zero-order valence-electron chi connectivity index (χ0n) is 13.7. The number of amides is 3. The molecule has 24 heavy (non-hydrogen) atoms. The molecule has 2 heterocycles. The van der Waals surface area contributed by atoms with Crippen LogP contribution in [0.2, 0.25) is 0 Å². The number of urea groups is 1. The first kappa shape index (κ1) is 16.8. The molecular formula is C17H22FN3O3. The molecule has 7 heteroatoms. The van der Waals surface area contributed by atoms with Crippen LogP contribution in [0.15, 0.2) is 18.3 Å². The summed E-state index contributed by atoms with van der Waals surface area (Å²) in [6, 6.07) is 2.04. The second-order valence-corrected chi connectivity index (χ2v) is 6.80. The first-order chi connectivity index (χ1) is 11.4. The average molecular weight is 335 g/mol. The Morgan fingerprint density at radius 1 is 1.38 bits per heavy atom. The molecule has 130 valence electrons. The number of imide groups is 1. The second-order valence-electron chi connectivity index (χ2n) is 6.80. The predicted octanol–water partition coefficient (Wildman–Crippen LogP) is 2.14. The molecule has 1 aromatic heterocycles. The Hall–Kier alpha value is -2.02. The van der Waals surface area contributed by atoms with Gasteiger partial charge in [0.25, 0.3) is 5.91 Å². The highest BCUT2D eigenvalue weighted by Crippen LogP contribution is 2.36. The van der Waals surface area contributed by atoms with Gasteiger partial charge in [-0.25, -0.2) is 9.18 Å². The van der Waals surface area contributed by atoms with Gasteiger partial charge in [-0.1, -0.05) is 19.3 Å². The number of pyridine rings is 1. The maximum Gasteiger partial charge on any atom is 0.325 e. The van der Waals surface area contributed by atoms with E-state index in [4.69, 9.17) is 0 Å². The van der Waals surface area contributed by atoms with Gasteiger partial charge in [-0.2, -0.15) is 0 Å². The summed E-state index contributed by atoms with van der Waals surface area (Å²) in [5, 5.41) is 13.0. The van der Waals surface area contributed by atoms with Gasteiger partial charge in [-0.15, -0.1) is 0 Å². The van der Waals surface area contributed by atoms with E-state index in [2.05, 4.69) is 10.3 Å². The Balaban J connectivity index is 1.73. The number of aliphatic hydroxyl groups excluding tert-OH is 1. The van der Waals surface area contributed by atoms with Crippen molar-refractivity contribution >= 4 is 11.9 Å². The summed E-state index contributed by atoms with van der Waals surface area (Å²) in [6.45, 7) is 1.58. The van der Waals surface area contributed by atoms with E-state index < -0.39 is 23.5 Å². The molecule has 1 aliphatic heterocycles. The van der Waals surface area contributed by atoms with E-state index in [9.17, 15) is 19.1 Å². The molecule has 0 radical (unpaired) electrons. The normalized spacial score (nSPS) is 26.5. The number of nitrogens with one attached hydrogen (secondary N) is 1. The number of hydrogen-bond acceptors (Lipinski definition) is 4. The highest BCUT2D eigenvalue weighted by Gasteiger charge is 2.52. The maximum atomic E-state index is 12.9. The Labute approximate surface area is 140 Å². The number of aromatic nitrogens is 1. The summed E-state index contributed by atoms with van der Waals surface area (Å²) in [6.07, 6.45) is 4.96. The summed E-state index contributed by atoms with van der Waals surface area (Å²) < 4.78 is 12.9. The standard InChI is InChI=1S/C17H22FN3O3/c1-17(11-5-3-2-4-6-11)15(23)21(16(24)20-17)10-14(22)13-8-7-12(18)9-19-13/h7-9,11,14,22H,2-6,10H2,1H3,(H,20,24). The summed E-state index contributed by atoms with van der Waals surface area (Å²) >= 11 is 0. The van der Waals surface area contributed by atoms with Crippen molar-refractivity contribution in [3.05, 3.63) is 29.8 Å². The highest BCUT2D eigenvalue weighted by molar-refractivity contribution is 6.07. The van der Waals surface area contributed by atoms with E-state index in [1.165, 1.54) is 12.1 Å². The molecule has 2 unspecified atom stereocenters. The highest BCUT2D eigenvalue weighted by atomic mass is 19.1. The first-order valence-electron chi connectivity index (χ1n) is 8.35. The maximum absolute atomic E-state index is 12.9. The molecule has 2 aliphatic rings. The van der Waals surface area contributed by atoms with Crippen molar-refractivity contribution in [2.75, 3.05) is 6.54 Å². The minimum absolute atomic E-state index is 0.119. The Morgan fingerprint density at radius 2 is 2.08 bits per heavy atom. The lowest BCUT2D eigenvalue weighted by Crippen LogP contribution is -2.51. The molecule has 0 aromatic carbocycles. The van der Waals surface area contributed by atoms with Gasteiger partial charge < -0.3 is 10.4 Å². The lowest BCUT2D eigenvalue weighted by Gasteiger charge is -2.34. The van der Waals surface area contributed by atoms with Crippen molar-refractivity contribution in [1.29, 1.82) is 0 Å². The van der Waals surface area contributed by atoms with Crippen LogP contribution in [0.25, 0.3) is 0 Å². The molecule has 3 rings (SSSR count). The Kier molecular flexibility index (Phi) is 4.54. The van der Waals surface area contributed by atoms with Gasteiger partial charge in [0.2, 0.25) is 0 Å². The second kappa shape index (κ2) is 6.47. The minimum atomic E-state index is -1.14. The lowest BCUT2D eigenvalue weighted by molar-refractivity contribution is -0.134.